The zero-order chi connectivity index (χ0) is 15.3. The quantitative estimate of drug-likeness (QED) is 0.704. The van der Waals surface area contributed by atoms with E-state index in [2.05, 4.69) is 34.2 Å². The zero-order valence-corrected chi connectivity index (χ0v) is 12.1. The van der Waals surface area contributed by atoms with E-state index in [1.165, 1.54) is 5.56 Å². The van der Waals surface area contributed by atoms with Crippen molar-refractivity contribution >= 4 is 16.6 Å². The molecule has 0 bridgehead atoms. The highest BCUT2D eigenvalue weighted by Crippen LogP contribution is 2.43. The van der Waals surface area contributed by atoms with Gasteiger partial charge in [-0.25, -0.2) is 0 Å². The molecular formula is C17H15N3O2. The Balaban J connectivity index is 2.09. The summed E-state index contributed by atoms with van der Waals surface area (Å²) in [5, 5.41) is 13.6. The van der Waals surface area contributed by atoms with Crippen molar-refractivity contribution < 1.29 is 5.11 Å². The number of aromatic amines is 1. The molecule has 0 aliphatic carbocycles. The van der Waals surface area contributed by atoms with Gasteiger partial charge in [0.15, 0.2) is 5.69 Å². The Hall–Kier alpha value is -2.66. The number of rotatable bonds is 2. The van der Waals surface area contributed by atoms with Gasteiger partial charge in [-0.1, -0.05) is 30.3 Å². The predicted molar refractivity (Wildman–Crippen MR) is 86.0 cm³/mol. The molecule has 1 aliphatic heterocycles. The minimum atomic E-state index is -0.160. The number of nitrogens with one attached hydrogen (secondary N) is 1. The normalized spacial score (nSPS) is 14.4. The first-order valence-corrected chi connectivity index (χ1v) is 7.15. The van der Waals surface area contributed by atoms with Crippen LogP contribution in [-0.4, -0.2) is 22.0 Å². The van der Waals surface area contributed by atoms with Gasteiger partial charge in [0.2, 0.25) is 5.88 Å². The van der Waals surface area contributed by atoms with Crippen molar-refractivity contribution in [2.24, 2.45) is 5.18 Å². The maximum Gasteiger partial charge on any atom is 0.219 e. The van der Waals surface area contributed by atoms with Crippen molar-refractivity contribution in [3.8, 4) is 17.0 Å². The van der Waals surface area contributed by atoms with Gasteiger partial charge in [0, 0.05) is 18.5 Å². The Morgan fingerprint density at radius 3 is 2.64 bits per heavy atom. The van der Waals surface area contributed by atoms with Crippen LogP contribution in [0.5, 0.6) is 5.88 Å². The van der Waals surface area contributed by atoms with Crippen molar-refractivity contribution in [3.63, 3.8) is 0 Å². The minimum Gasteiger partial charge on any atom is -0.493 e. The molecule has 0 spiro atoms. The fourth-order valence-corrected chi connectivity index (χ4v) is 3.33. The Kier molecular flexibility index (Phi) is 2.77. The third-order valence-electron chi connectivity index (χ3n) is 4.30. The molecule has 2 N–H and O–H groups in total. The van der Waals surface area contributed by atoms with Crippen LogP contribution in [0.25, 0.3) is 22.0 Å². The summed E-state index contributed by atoms with van der Waals surface area (Å²) in [5.74, 6) is -0.160. The van der Waals surface area contributed by atoms with Crippen LogP contribution in [0.3, 0.4) is 0 Å². The van der Waals surface area contributed by atoms with Crippen LogP contribution in [0.15, 0.2) is 41.6 Å². The van der Waals surface area contributed by atoms with Gasteiger partial charge in [-0.05, 0) is 40.5 Å². The van der Waals surface area contributed by atoms with Gasteiger partial charge >= 0.3 is 0 Å². The molecule has 22 heavy (non-hydrogen) atoms. The number of benzene rings is 2. The highest BCUT2D eigenvalue weighted by atomic mass is 16.3. The number of hydrogen-bond donors (Lipinski definition) is 2. The van der Waals surface area contributed by atoms with E-state index in [1.54, 1.807) is 0 Å². The maximum atomic E-state index is 11.1. The second kappa shape index (κ2) is 4.68. The summed E-state index contributed by atoms with van der Waals surface area (Å²) in [6, 6.07) is 12.0. The van der Waals surface area contributed by atoms with Crippen LogP contribution in [0, 0.1) is 4.91 Å². The van der Waals surface area contributed by atoms with Gasteiger partial charge in [0.1, 0.15) is 0 Å². The summed E-state index contributed by atoms with van der Waals surface area (Å²) in [6.07, 6.45) is 0. The second-order valence-electron chi connectivity index (χ2n) is 5.76. The third-order valence-corrected chi connectivity index (χ3v) is 4.30. The molecule has 0 fully saturated rings. The number of nitroso groups, excluding NO2 is 1. The summed E-state index contributed by atoms with van der Waals surface area (Å²) in [7, 11) is 2.06. The lowest BCUT2D eigenvalue weighted by Crippen LogP contribution is -2.07. The van der Waals surface area contributed by atoms with Crippen LogP contribution >= 0.6 is 0 Å². The van der Waals surface area contributed by atoms with Crippen LogP contribution in [0.1, 0.15) is 11.1 Å². The molecular weight excluding hydrogens is 278 g/mol. The zero-order valence-electron chi connectivity index (χ0n) is 12.1. The van der Waals surface area contributed by atoms with Crippen LogP contribution in [0.2, 0.25) is 0 Å². The standard InChI is InChI=1S/C17H15N3O2/c1-20-8-13-11(10-5-3-2-4-6-10)7-12-15(14(13)9-20)18-17(21)16(12)19-22/h2-7,18,21H,8-9H2,1H3. The fourth-order valence-electron chi connectivity index (χ4n) is 3.33. The monoisotopic (exact) mass is 293 g/mol. The molecule has 0 saturated carbocycles. The van der Waals surface area contributed by atoms with E-state index < -0.39 is 0 Å². The number of hydrogen-bond acceptors (Lipinski definition) is 4. The average molecular weight is 293 g/mol. The van der Waals surface area contributed by atoms with Crippen molar-refractivity contribution in [1.82, 2.24) is 9.88 Å². The largest absolute Gasteiger partial charge is 0.493 e. The Morgan fingerprint density at radius 1 is 1.18 bits per heavy atom. The molecule has 3 aromatic rings. The average Bonchev–Trinajstić information content (AvgIpc) is 3.06. The molecule has 1 aromatic heterocycles. The molecule has 2 heterocycles. The first-order valence-electron chi connectivity index (χ1n) is 7.15. The maximum absolute atomic E-state index is 11.1. The van der Waals surface area contributed by atoms with E-state index in [9.17, 15) is 10.0 Å². The first-order chi connectivity index (χ1) is 10.7. The molecule has 1 aliphatic rings. The number of aromatic hydroxyl groups is 1. The SMILES string of the molecule is CN1Cc2c(-c3ccccc3)cc3c(N=O)c(O)[nH]c3c2C1. The van der Waals surface area contributed by atoms with E-state index in [0.29, 0.717) is 5.39 Å². The Labute approximate surface area is 127 Å². The summed E-state index contributed by atoms with van der Waals surface area (Å²) < 4.78 is 0. The summed E-state index contributed by atoms with van der Waals surface area (Å²) >= 11 is 0. The van der Waals surface area contributed by atoms with Gasteiger partial charge < -0.3 is 10.1 Å². The lowest BCUT2D eigenvalue weighted by atomic mass is 9.94. The molecule has 2 aromatic carbocycles. The van der Waals surface area contributed by atoms with Crippen LogP contribution < -0.4 is 0 Å². The van der Waals surface area contributed by atoms with Gasteiger partial charge in [-0.3, -0.25) is 4.90 Å². The van der Waals surface area contributed by atoms with E-state index >= 15 is 0 Å². The van der Waals surface area contributed by atoms with Crippen molar-refractivity contribution in [2.45, 2.75) is 13.1 Å². The molecule has 0 radical (unpaired) electrons. The smallest absolute Gasteiger partial charge is 0.219 e. The van der Waals surface area contributed by atoms with Gasteiger partial charge in [0.05, 0.1) is 5.52 Å². The van der Waals surface area contributed by atoms with Crippen LogP contribution in [-0.2, 0) is 13.1 Å². The van der Waals surface area contributed by atoms with E-state index in [1.807, 2.05) is 24.3 Å². The lowest BCUT2D eigenvalue weighted by Gasteiger charge is -2.10. The molecule has 110 valence electrons. The lowest BCUT2D eigenvalue weighted by molar-refractivity contribution is 0.354. The van der Waals surface area contributed by atoms with E-state index in [4.69, 9.17) is 0 Å². The van der Waals surface area contributed by atoms with Gasteiger partial charge in [-0.15, -0.1) is 4.91 Å². The fraction of sp³-hybridized carbons (Fsp3) is 0.176. The van der Waals surface area contributed by atoms with Crippen molar-refractivity contribution in [1.29, 1.82) is 0 Å². The van der Waals surface area contributed by atoms with E-state index in [0.717, 1.165) is 35.3 Å². The predicted octanol–water partition coefficient (Wildman–Crippen LogP) is 3.88. The Bertz CT molecular complexity index is 884. The molecule has 0 saturated heterocycles. The van der Waals surface area contributed by atoms with Crippen LogP contribution in [0.4, 0.5) is 5.69 Å². The minimum absolute atomic E-state index is 0.0875. The highest BCUT2D eigenvalue weighted by Gasteiger charge is 2.26. The molecule has 4 rings (SSSR count). The van der Waals surface area contributed by atoms with Crippen molar-refractivity contribution in [3.05, 3.63) is 52.4 Å². The first kappa shape index (κ1) is 13.0. The van der Waals surface area contributed by atoms with Gasteiger partial charge in [-0.2, -0.15) is 0 Å². The van der Waals surface area contributed by atoms with Gasteiger partial charge in [0.25, 0.3) is 0 Å². The van der Waals surface area contributed by atoms with Crippen molar-refractivity contribution in [2.75, 3.05) is 7.05 Å². The number of nitrogens with zero attached hydrogens (tertiary/aromatic N) is 2. The van der Waals surface area contributed by atoms with E-state index in [-0.39, 0.29) is 11.6 Å². The molecule has 0 atom stereocenters. The molecule has 5 nitrogen and oxygen atoms in total. The number of H-pyrrole nitrogens is 1. The molecule has 5 heteroatoms. The third kappa shape index (κ3) is 1.76. The highest BCUT2D eigenvalue weighted by molar-refractivity contribution is 6.00. The summed E-state index contributed by atoms with van der Waals surface area (Å²) in [6.45, 7) is 1.63. The molecule has 0 amide bonds. The Morgan fingerprint density at radius 2 is 1.91 bits per heavy atom. The summed E-state index contributed by atoms with van der Waals surface area (Å²) in [5.41, 5.74) is 5.46. The number of aromatic nitrogens is 1. The second-order valence-corrected chi connectivity index (χ2v) is 5.76. The molecule has 0 unspecified atom stereocenters. The topological polar surface area (TPSA) is 68.7 Å². The summed E-state index contributed by atoms with van der Waals surface area (Å²) in [4.78, 5) is 16.2. The number of fused-ring (bicyclic) bond motifs is 3.